The highest BCUT2D eigenvalue weighted by molar-refractivity contribution is 7.91. The van der Waals surface area contributed by atoms with E-state index in [1.807, 2.05) is 13.0 Å². The Morgan fingerprint density at radius 3 is 2.67 bits per heavy atom. The fraction of sp³-hybridized carbons (Fsp3) is 0.400. The zero-order valence-electron chi connectivity index (χ0n) is 15.4. The zero-order chi connectivity index (χ0) is 19.0. The number of imidazole rings is 1. The first-order chi connectivity index (χ1) is 13.0. The standard InChI is InChI=1S/C20H24N4O2S/c1-14-13-22-20(21)18-19(14)24(17(23-18)12-15-8-9-15)10-5-11-27(25,26)16-6-3-2-4-7-16/h2-4,6-7,13,15H,5,8-12H2,1H3,(H2,21,22). The first-order valence-corrected chi connectivity index (χ1v) is 11.0. The van der Waals surface area contributed by atoms with Crippen molar-refractivity contribution in [3.05, 3.63) is 47.9 Å². The minimum absolute atomic E-state index is 0.110. The number of anilines is 1. The Morgan fingerprint density at radius 2 is 1.96 bits per heavy atom. The van der Waals surface area contributed by atoms with Gasteiger partial charge < -0.3 is 10.3 Å². The molecule has 0 atom stereocenters. The van der Waals surface area contributed by atoms with Gasteiger partial charge in [-0.2, -0.15) is 0 Å². The lowest BCUT2D eigenvalue weighted by Crippen LogP contribution is -2.12. The van der Waals surface area contributed by atoms with E-state index in [4.69, 9.17) is 10.7 Å². The number of hydrogen-bond acceptors (Lipinski definition) is 5. The molecule has 1 aliphatic carbocycles. The van der Waals surface area contributed by atoms with Crippen LogP contribution in [0.25, 0.3) is 11.0 Å². The summed E-state index contributed by atoms with van der Waals surface area (Å²) < 4.78 is 27.3. The number of pyridine rings is 1. The Bertz CT molecular complexity index is 1070. The van der Waals surface area contributed by atoms with Gasteiger partial charge in [0, 0.05) is 19.2 Å². The van der Waals surface area contributed by atoms with Crippen molar-refractivity contribution in [2.45, 2.75) is 44.0 Å². The van der Waals surface area contributed by atoms with Crippen LogP contribution in [0, 0.1) is 12.8 Å². The van der Waals surface area contributed by atoms with Crippen LogP contribution in [0.15, 0.2) is 41.4 Å². The fourth-order valence-corrected chi connectivity index (χ4v) is 4.82. The maximum Gasteiger partial charge on any atom is 0.178 e. The van der Waals surface area contributed by atoms with E-state index in [0.29, 0.717) is 29.6 Å². The third kappa shape index (κ3) is 3.69. The molecule has 0 radical (unpaired) electrons. The summed E-state index contributed by atoms with van der Waals surface area (Å²) in [6, 6.07) is 8.63. The van der Waals surface area contributed by atoms with Gasteiger partial charge in [-0.25, -0.2) is 18.4 Å². The van der Waals surface area contributed by atoms with Gasteiger partial charge in [0.05, 0.1) is 16.2 Å². The molecule has 142 valence electrons. The molecule has 0 amide bonds. The third-order valence-corrected chi connectivity index (χ3v) is 6.94. The van der Waals surface area contributed by atoms with Gasteiger partial charge >= 0.3 is 0 Å². The van der Waals surface area contributed by atoms with Crippen LogP contribution in [0.4, 0.5) is 5.82 Å². The first kappa shape index (κ1) is 18.0. The summed E-state index contributed by atoms with van der Waals surface area (Å²) in [4.78, 5) is 9.35. The Kier molecular flexibility index (Phi) is 4.63. The molecule has 2 heterocycles. The predicted molar refractivity (Wildman–Crippen MR) is 106 cm³/mol. The average Bonchev–Trinajstić information content (AvgIpc) is 3.39. The van der Waals surface area contributed by atoms with E-state index in [9.17, 15) is 8.42 Å². The van der Waals surface area contributed by atoms with Gasteiger partial charge in [-0.15, -0.1) is 0 Å². The number of nitrogens with two attached hydrogens (primary N) is 1. The van der Waals surface area contributed by atoms with Gasteiger partial charge in [0.25, 0.3) is 0 Å². The minimum atomic E-state index is -3.28. The summed E-state index contributed by atoms with van der Waals surface area (Å²) in [7, 11) is -3.28. The number of sulfone groups is 1. The van der Waals surface area contributed by atoms with Crippen molar-refractivity contribution in [3.63, 3.8) is 0 Å². The molecule has 0 aliphatic heterocycles. The van der Waals surface area contributed by atoms with E-state index < -0.39 is 9.84 Å². The number of benzene rings is 1. The molecule has 4 rings (SSSR count). The van der Waals surface area contributed by atoms with Crippen LogP contribution < -0.4 is 5.73 Å². The van der Waals surface area contributed by atoms with Gasteiger partial charge in [0.1, 0.15) is 11.3 Å². The van der Waals surface area contributed by atoms with Crippen molar-refractivity contribution in [1.82, 2.24) is 14.5 Å². The highest BCUT2D eigenvalue weighted by Crippen LogP contribution is 2.34. The SMILES string of the molecule is Cc1cnc(N)c2nc(CC3CC3)n(CCCS(=O)(=O)c3ccccc3)c12. The quantitative estimate of drug-likeness (QED) is 0.676. The molecule has 1 aliphatic rings. The summed E-state index contributed by atoms with van der Waals surface area (Å²) in [5.41, 5.74) is 8.77. The molecule has 6 nitrogen and oxygen atoms in total. The molecule has 0 bridgehead atoms. The summed E-state index contributed by atoms with van der Waals surface area (Å²) >= 11 is 0. The number of aryl methyl sites for hydroxylation is 2. The molecular formula is C20H24N4O2S. The van der Waals surface area contributed by atoms with Gasteiger partial charge in [-0.3, -0.25) is 0 Å². The van der Waals surface area contributed by atoms with Gasteiger partial charge in [-0.1, -0.05) is 18.2 Å². The molecule has 7 heteroatoms. The van der Waals surface area contributed by atoms with Gasteiger partial charge in [-0.05, 0) is 49.8 Å². The number of hydrogen-bond donors (Lipinski definition) is 1. The van der Waals surface area contributed by atoms with Gasteiger partial charge in [0.15, 0.2) is 15.7 Å². The lowest BCUT2D eigenvalue weighted by atomic mass is 10.2. The van der Waals surface area contributed by atoms with Crippen molar-refractivity contribution in [2.24, 2.45) is 5.92 Å². The van der Waals surface area contributed by atoms with E-state index in [1.165, 1.54) is 12.8 Å². The molecule has 1 fully saturated rings. The Hall–Kier alpha value is -2.41. The number of aromatic nitrogens is 3. The summed E-state index contributed by atoms with van der Waals surface area (Å²) in [5.74, 6) is 2.22. The molecule has 2 aromatic heterocycles. The van der Waals surface area contributed by atoms with Crippen molar-refractivity contribution in [3.8, 4) is 0 Å². The normalized spacial score (nSPS) is 14.7. The topological polar surface area (TPSA) is 90.9 Å². The van der Waals surface area contributed by atoms with E-state index in [-0.39, 0.29) is 5.75 Å². The lowest BCUT2D eigenvalue weighted by molar-refractivity contribution is 0.582. The molecule has 1 saturated carbocycles. The molecular weight excluding hydrogens is 360 g/mol. The number of nitrogens with zero attached hydrogens (tertiary/aromatic N) is 3. The average molecular weight is 385 g/mol. The molecule has 1 aromatic carbocycles. The van der Waals surface area contributed by atoms with E-state index in [0.717, 1.165) is 28.8 Å². The van der Waals surface area contributed by atoms with Crippen LogP contribution in [0.2, 0.25) is 0 Å². The van der Waals surface area contributed by atoms with Crippen molar-refractivity contribution < 1.29 is 8.42 Å². The maximum absolute atomic E-state index is 12.6. The van der Waals surface area contributed by atoms with Crippen molar-refractivity contribution in [1.29, 1.82) is 0 Å². The molecule has 27 heavy (non-hydrogen) atoms. The second-order valence-corrected chi connectivity index (χ2v) is 9.45. The minimum Gasteiger partial charge on any atom is -0.382 e. The molecule has 0 saturated heterocycles. The Labute approximate surface area is 159 Å². The molecule has 0 unspecified atom stereocenters. The highest BCUT2D eigenvalue weighted by Gasteiger charge is 2.26. The largest absolute Gasteiger partial charge is 0.382 e. The van der Waals surface area contributed by atoms with E-state index in [2.05, 4.69) is 9.55 Å². The Morgan fingerprint density at radius 1 is 1.22 bits per heavy atom. The first-order valence-electron chi connectivity index (χ1n) is 9.33. The third-order valence-electron chi connectivity index (χ3n) is 5.13. The molecule has 2 N–H and O–H groups in total. The highest BCUT2D eigenvalue weighted by atomic mass is 32.2. The fourth-order valence-electron chi connectivity index (χ4n) is 3.50. The maximum atomic E-state index is 12.6. The van der Waals surface area contributed by atoms with E-state index >= 15 is 0 Å². The van der Waals surface area contributed by atoms with Crippen LogP contribution in [0.3, 0.4) is 0 Å². The second-order valence-electron chi connectivity index (χ2n) is 7.34. The monoisotopic (exact) mass is 384 g/mol. The van der Waals surface area contributed by atoms with Crippen LogP contribution in [-0.2, 0) is 22.8 Å². The summed E-state index contributed by atoms with van der Waals surface area (Å²) in [6.45, 7) is 2.60. The predicted octanol–water partition coefficient (Wildman–Crippen LogP) is 3.14. The zero-order valence-corrected chi connectivity index (χ0v) is 16.2. The smallest absolute Gasteiger partial charge is 0.178 e. The van der Waals surface area contributed by atoms with E-state index in [1.54, 1.807) is 30.5 Å². The van der Waals surface area contributed by atoms with Gasteiger partial charge in [0.2, 0.25) is 0 Å². The number of fused-ring (bicyclic) bond motifs is 1. The van der Waals surface area contributed by atoms with Crippen LogP contribution in [-0.4, -0.2) is 28.7 Å². The van der Waals surface area contributed by atoms with Crippen LogP contribution in [0.5, 0.6) is 0 Å². The molecule has 3 aromatic rings. The van der Waals surface area contributed by atoms with Crippen molar-refractivity contribution >= 4 is 26.7 Å². The van der Waals surface area contributed by atoms with Crippen molar-refractivity contribution in [2.75, 3.05) is 11.5 Å². The van der Waals surface area contributed by atoms with Crippen LogP contribution in [0.1, 0.15) is 30.7 Å². The number of rotatable bonds is 7. The second kappa shape index (κ2) is 6.96. The Balaban J connectivity index is 1.60. The molecule has 0 spiro atoms. The summed E-state index contributed by atoms with van der Waals surface area (Å²) in [6.07, 6.45) is 5.68. The van der Waals surface area contributed by atoms with Crippen LogP contribution >= 0.6 is 0 Å². The summed E-state index contributed by atoms with van der Waals surface area (Å²) in [5, 5.41) is 0. The lowest BCUT2D eigenvalue weighted by Gasteiger charge is -2.11. The number of nitrogen functional groups attached to an aromatic ring is 1.